The topological polar surface area (TPSA) is 60.7 Å². The minimum Gasteiger partial charge on any atom is -0.331 e. The minimum atomic E-state index is -4.67. The lowest BCUT2D eigenvalue weighted by Crippen LogP contribution is -2.14. The summed E-state index contributed by atoms with van der Waals surface area (Å²) in [5.41, 5.74) is -0.812. The van der Waals surface area contributed by atoms with Gasteiger partial charge in [0, 0.05) is 5.69 Å². The van der Waals surface area contributed by atoms with Crippen molar-refractivity contribution in [2.45, 2.75) is 6.18 Å². The van der Waals surface area contributed by atoms with Gasteiger partial charge in [-0.2, -0.15) is 13.2 Å². The number of carbonyl (C=O) groups excluding carboxylic acids is 1. The van der Waals surface area contributed by atoms with Gasteiger partial charge in [0.05, 0.1) is 27.2 Å². The molecule has 0 radical (unpaired) electrons. The first kappa shape index (κ1) is 17.4. The first-order valence-electron chi connectivity index (χ1n) is 6.75. The number of anilines is 1. The van der Waals surface area contributed by atoms with E-state index in [9.17, 15) is 22.4 Å². The third-order valence-electron chi connectivity index (χ3n) is 3.36. The zero-order valence-corrected chi connectivity index (χ0v) is 13.7. The number of carbonyl (C=O) groups is 1. The average molecular weight is 390 g/mol. The zero-order valence-electron chi connectivity index (χ0n) is 12.1. The molecule has 0 saturated carbocycles. The summed E-state index contributed by atoms with van der Waals surface area (Å²) in [7, 11) is 0. The Morgan fingerprint density at radius 3 is 2.56 bits per heavy atom. The lowest BCUT2D eigenvalue weighted by atomic mass is 10.1. The zero-order chi connectivity index (χ0) is 18.4. The number of rotatable bonds is 2. The second kappa shape index (κ2) is 6.16. The molecule has 0 aliphatic rings. The van der Waals surface area contributed by atoms with Crippen molar-refractivity contribution in [3.8, 4) is 0 Å². The number of halogens is 5. The molecule has 3 N–H and O–H groups in total. The van der Waals surface area contributed by atoms with E-state index in [1.165, 1.54) is 6.07 Å². The summed E-state index contributed by atoms with van der Waals surface area (Å²) in [5.74, 6) is -1.50. The second-order valence-corrected chi connectivity index (χ2v) is 5.92. The van der Waals surface area contributed by atoms with Gasteiger partial charge in [-0.1, -0.05) is 11.6 Å². The molecule has 3 rings (SSSR count). The first-order valence-corrected chi connectivity index (χ1v) is 7.53. The third kappa shape index (κ3) is 3.52. The molecule has 2 aromatic carbocycles. The summed E-state index contributed by atoms with van der Waals surface area (Å²) in [6, 6.07) is 5.03. The van der Waals surface area contributed by atoms with Gasteiger partial charge in [-0.25, -0.2) is 4.39 Å². The fourth-order valence-corrected chi connectivity index (χ4v) is 2.74. The lowest BCUT2D eigenvalue weighted by molar-refractivity contribution is -0.137. The number of fused-ring (bicyclic) bond motifs is 1. The molecule has 3 aromatic rings. The highest BCUT2D eigenvalue weighted by Crippen LogP contribution is 2.36. The monoisotopic (exact) mass is 389 g/mol. The Morgan fingerprint density at radius 2 is 1.88 bits per heavy atom. The number of benzene rings is 2. The molecule has 4 nitrogen and oxygen atoms in total. The maximum Gasteiger partial charge on any atom is 0.417 e. The Morgan fingerprint density at radius 1 is 1.16 bits per heavy atom. The van der Waals surface area contributed by atoms with Gasteiger partial charge in [-0.15, -0.1) is 0 Å². The summed E-state index contributed by atoms with van der Waals surface area (Å²) in [6.07, 6.45) is -4.67. The average Bonchev–Trinajstić information content (AvgIpc) is 2.87. The number of aromatic amines is 2. The van der Waals surface area contributed by atoms with Crippen molar-refractivity contribution in [3.05, 3.63) is 57.1 Å². The highest BCUT2D eigenvalue weighted by Gasteiger charge is 2.33. The summed E-state index contributed by atoms with van der Waals surface area (Å²) in [4.78, 5) is 17.7. The van der Waals surface area contributed by atoms with Crippen molar-refractivity contribution in [2.24, 2.45) is 0 Å². The van der Waals surface area contributed by atoms with Crippen LogP contribution in [0.15, 0.2) is 30.3 Å². The van der Waals surface area contributed by atoms with Crippen LogP contribution in [-0.2, 0) is 6.18 Å². The Bertz CT molecular complexity index is 1040. The Balaban J connectivity index is 2.00. The number of H-pyrrole nitrogens is 2. The third-order valence-corrected chi connectivity index (χ3v) is 3.90. The smallest absolute Gasteiger partial charge is 0.331 e. The van der Waals surface area contributed by atoms with Gasteiger partial charge in [0.15, 0.2) is 4.77 Å². The van der Waals surface area contributed by atoms with Crippen molar-refractivity contribution < 1.29 is 22.4 Å². The first-order chi connectivity index (χ1) is 11.6. The van der Waals surface area contributed by atoms with E-state index in [0.29, 0.717) is 6.07 Å². The van der Waals surface area contributed by atoms with Crippen molar-refractivity contribution in [1.29, 1.82) is 0 Å². The van der Waals surface area contributed by atoms with Gasteiger partial charge in [0.1, 0.15) is 5.82 Å². The fourth-order valence-electron chi connectivity index (χ4n) is 2.30. The Kier molecular flexibility index (Phi) is 4.29. The SMILES string of the molecule is O=C(Nc1ccc(Cl)c(C(F)(F)F)c1)c1cc(F)cc2[nH]c(=S)[nH]c12. The number of amides is 1. The normalized spacial score (nSPS) is 11.7. The summed E-state index contributed by atoms with van der Waals surface area (Å²) >= 11 is 10.4. The number of nitrogens with one attached hydrogen (secondary N) is 3. The molecule has 0 aliphatic carbocycles. The van der Waals surface area contributed by atoms with E-state index in [-0.39, 0.29) is 27.1 Å². The maximum absolute atomic E-state index is 13.7. The van der Waals surface area contributed by atoms with Crippen molar-refractivity contribution in [1.82, 2.24) is 9.97 Å². The van der Waals surface area contributed by atoms with Gasteiger partial charge < -0.3 is 15.3 Å². The van der Waals surface area contributed by atoms with Crippen LogP contribution in [0.1, 0.15) is 15.9 Å². The number of alkyl halides is 3. The van der Waals surface area contributed by atoms with Crippen molar-refractivity contribution >= 4 is 46.4 Å². The Hall–Kier alpha value is -2.39. The molecule has 0 aliphatic heterocycles. The number of aromatic nitrogens is 2. The molecule has 0 atom stereocenters. The summed E-state index contributed by atoms with van der Waals surface area (Å²) in [5, 5.41) is 1.80. The molecule has 0 unspecified atom stereocenters. The molecule has 1 heterocycles. The molecule has 0 spiro atoms. The van der Waals surface area contributed by atoms with E-state index in [0.717, 1.165) is 18.2 Å². The van der Waals surface area contributed by atoms with E-state index in [1.807, 2.05) is 0 Å². The van der Waals surface area contributed by atoms with Crippen LogP contribution >= 0.6 is 23.8 Å². The van der Waals surface area contributed by atoms with Crippen molar-refractivity contribution in [2.75, 3.05) is 5.32 Å². The molecule has 1 amide bonds. The second-order valence-electron chi connectivity index (χ2n) is 5.10. The highest BCUT2D eigenvalue weighted by atomic mass is 35.5. The predicted molar refractivity (Wildman–Crippen MR) is 87.8 cm³/mol. The maximum atomic E-state index is 13.7. The molecular formula is C15H8ClF4N3OS. The molecule has 0 bridgehead atoms. The number of imidazole rings is 1. The lowest BCUT2D eigenvalue weighted by Gasteiger charge is -2.12. The van der Waals surface area contributed by atoms with Crippen LogP contribution in [0.5, 0.6) is 0 Å². The van der Waals surface area contributed by atoms with Crippen LogP contribution in [0.3, 0.4) is 0 Å². The molecule has 1 aromatic heterocycles. The van der Waals surface area contributed by atoms with Gasteiger partial charge in [-0.05, 0) is 42.5 Å². The van der Waals surface area contributed by atoms with E-state index < -0.39 is 28.5 Å². The molecule has 10 heteroatoms. The minimum absolute atomic E-state index is 0.106. The summed E-state index contributed by atoms with van der Waals surface area (Å²) in [6.45, 7) is 0. The standard InChI is InChI=1S/C15H8ClF4N3OS/c16-10-2-1-7(5-9(10)15(18,19)20)21-13(24)8-3-6(17)4-11-12(8)23-14(25)22-11/h1-5H,(H,21,24)(H2,22,23,25). The molecule has 130 valence electrons. The molecule has 0 fully saturated rings. The quantitative estimate of drug-likeness (QED) is 0.412. The number of hydrogen-bond donors (Lipinski definition) is 3. The van der Waals surface area contributed by atoms with Gasteiger partial charge in [-0.3, -0.25) is 4.79 Å². The van der Waals surface area contributed by atoms with E-state index >= 15 is 0 Å². The van der Waals surface area contributed by atoms with E-state index in [4.69, 9.17) is 23.8 Å². The van der Waals surface area contributed by atoms with Crippen LogP contribution in [0.25, 0.3) is 11.0 Å². The van der Waals surface area contributed by atoms with Crippen LogP contribution in [0, 0.1) is 10.6 Å². The van der Waals surface area contributed by atoms with Crippen LogP contribution < -0.4 is 5.32 Å². The largest absolute Gasteiger partial charge is 0.417 e. The molecule has 25 heavy (non-hydrogen) atoms. The predicted octanol–water partition coefficient (Wildman–Crippen LogP) is 5.29. The molecular weight excluding hydrogens is 382 g/mol. The van der Waals surface area contributed by atoms with Gasteiger partial charge in [0.2, 0.25) is 0 Å². The van der Waals surface area contributed by atoms with Gasteiger partial charge >= 0.3 is 6.18 Å². The van der Waals surface area contributed by atoms with E-state index in [1.54, 1.807) is 0 Å². The number of hydrogen-bond acceptors (Lipinski definition) is 2. The van der Waals surface area contributed by atoms with Gasteiger partial charge in [0.25, 0.3) is 5.91 Å². The van der Waals surface area contributed by atoms with Crippen molar-refractivity contribution in [3.63, 3.8) is 0 Å². The fraction of sp³-hybridized carbons (Fsp3) is 0.0667. The van der Waals surface area contributed by atoms with Crippen LogP contribution in [0.4, 0.5) is 23.2 Å². The highest BCUT2D eigenvalue weighted by molar-refractivity contribution is 7.71. The molecule has 0 saturated heterocycles. The Labute approximate surface area is 147 Å². The summed E-state index contributed by atoms with van der Waals surface area (Å²) < 4.78 is 52.5. The van der Waals surface area contributed by atoms with Crippen LogP contribution in [-0.4, -0.2) is 15.9 Å². The van der Waals surface area contributed by atoms with Crippen LogP contribution in [0.2, 0.25) is 5.02 Å². The van der Waals surface area contributed by atoms with E-state index in [2.05, 4.69) is 15.3 Å².